The van der Waals surface area contributed by atoms with E-state index < -0.39 is 16.8 Å². The van der Waals surface area contributed by atoms with Crippen LogP contribution in [-0.2, 0) is 4.79 Å². The minimum atomic E-state index is -0.567. The predicted octanol–water partition coefficient (Wildman–Crippen LogP) is 5.09. The average molecular weight is 474 g/mol. The molecule has 0 saturated heterocycles. The van der Waals surface area contributed by atoms with Gasteiger partial charge in [0.1, 0.15) is 0 Å². The monoisotopic (exact) mass is 473 g/mol. The first-order chi connectivity index (χ1) is 15.7. The second-order valence-electron chi connectivity index (χ2n) is 7.59. The normalized spacial score (nSPS) is 11.9. The third-order valence-corrected chi connectivity index (χ3v) is 5.68. The van der Waals surface area contributed by atoms with Crippen molar-refractivity contribution in [2.75, 3.05) is 11.1 Å². The molecular formula is C22H24FN5O4S. The van der Waals surface area contributed by atoms with Crippen molar-refractivity contribution < 1.29 is 18.8 Å². The maximum absolute atomic E-state index is 14.0. The summed E-state index contributed by atoms with van der Waals surface area (Å²) < 4.78 is 21.6. The standard InChI is InChI=1S/C22H24FN5O4S/c1-13(2)27-21(15(4)32-19-8-6-5-7-17(19)23)25-26-22(27)33-12-20(29)24-18-10-9-16(28(30)31)11-14(18)3/h5-11,13,15H,12H2,1-4H3,(H,24,29). The average Bonchev–Trinajstić information content (AvgIpc) is 3.19. The highest BCUT2D eigenvalue weighted by atomic mass is 32.2. The maximum Gasteiger partial charge on any atom is 0.269 e. The van der Waals surface area contributed by atoms with Gasteiger partial charge in [-0.25, -0.2) is 4.39 Å². The second kappa shape index (κ2) is 10.4. The molecule has 3 aromatic rings. The highest BCUT2D eigenvalue weighted by Gasteiger charge is 2.23. The first-order valence-electron chi connectivity index (χ1n) is 10.2. The number of nitrogens with zero attached hydrogens (tertiary/aromatic N) is 4. The van der Waals surface area contributed by atoms with Crippen LogP contribution in [0.3, 0.4) is 0 Å². The fourth-order valence-corrected chi connectivity index (χ4v) is 4.03. The zero-order chi connectivity index (χ0) is 24.1. The van der Waals surface area contributed by atoms with Gasteiger partial charge < -0.3 is 14.6 Å². The van der Waals surface area contributed by atoms with E-state index in [9.17, 15) is 19.3 Å². The van der Waals surface area contributed by atoms with Crippen LogP contribution < -0.4 is 10.1 Å². The number of non-ortho nitro benzene ring substituents is 1. The molecule has 1 atom stereocenters. The number of aromatic nitrogens is 3. The lowest BCUT2D eigenvalue weighted by Crippen LogP contribution is -2.17. The Morgan fingerprint density at radius 1 is 1.24 bits per heavy atom. The van der Waals surface area contributed by atoms with Crippen molar-refractivity contribution in [1.29, 1.82) is 0 Å². The van der Waals surface area contributed by atoms with Gasteiger partial charge in [-0.2, -0.15) is 0 Å². The number of carbonyl (C=O) groups excluding carboxylic acids is 1. The van der Waals surface area contributed by atoms with Gasteiger partial charge in [-0.15, -0.1) is 10.2 Å². The number of halogens is 1. The Bertz CT molecular complexity index is 1170. The number of thioether (sulfide) groups is 1. The van der Waals surface area contributed by atoms with Gasteiger partial charge in [-0.1, -0.05) is 23.9 Å². The number of amides is 1. The van der Waals surface area contributed by atoms with Crippen molar-refractivity contribution in [3.05, 3.63) is 69.8 Å². The highest BCUT2D eigenvalue weighted by Crippen LogP contribution is 2.29. The van der Waals surface area contributed by atoms with Crippen LogP contribution in [0.5, 0.6) is 5.75 Å². The Kier molecular flexibility index (Phi) is 7.64. The molecule has 1 heterocycles. The van der Waals surface area contributed by atoms with Crippen LogP contribution in [0.1, 0.15) is 44.3 Å². The number of anilines is 1. The van der Waals surface area contributed by atoms with E-state index in [1.165, 1.54) is 36.0 Å². The topological polar surface area (TPSA) is 112 Å². The first-order valence-corrected chi connectivity index (χ1v) is 11.2. The summed E-state index contributed by atoms with van der Waals surface area (Å²) in [5.74, 6) is -0.0536. The molecule has 33 heavy (non-hydrogen) atoms. The van der Waals surface area contributed by atoms with Gasteiger partial charge in [0.25, 0.3) is 5.69 Å². The van der Waals surface area contributed by atoms with Crippen molar-refractivity contribution in [2.45, 2.75) is 45.0 Å². The van der Waals surface area contributed by atoms with Crippen LogP contribution in [0, 0.1) is 22.9 Å². The van der Waals surface area contributed by atoms with Crippen molar-refractivity contribution in [1.82, 2.24) is 14.8 Å². The molecule has 0 bridgehead atoms. The fraction of sp³-hybridized carbons (Fsp3) is 0.318. The zero-order valence-corrected chi connectivity index (χ0v) is 19.4. The van der Waals surface area contributed by atoms with Crippen LogP contribution in [0.25, 0.3) is 0 Å². The predicted molar refractivity (Wildman–Crippen MR) is 123 cm³/mol. The van der Waals surface area contributed by atoms with Gasteiger partial charge in [-0.05, 0) is 51.5 Å². The highest BCUT2D eigenvalue weighted by molar-refractivity contribution is 7.99. The Hall–Kier alpha value is -3.47. The van der Waals surface area contributed by atoms with Gasteiger partial charge in [-0.3, -0.25) is 14.9 Å². The number of nitrogens with one attached hydrogen (secondary N) is 1. The third kappa shape index (κ3) is 5.86. The van der Waals surface area contributed by atoms with Crippen molar-refractivity contribution >= 4 is 29.0 Å². The Morgan fingerprint density at radius 3 is 2.61 bits per heavy atom. The molecule has 9 nitrogen and oxygen atoms in total. The number of hydrogen-bond acceptors (Lipinski definition) is 7. The smallest absolute Gasteiger partial charge is 0.269 e. The van der Waals surface area contributed by atoms with E-state index in [0.29, 0.717) is 22.2 Å². The molecule has 3 rings (SSSR count). The lowest BCUT2D eigenvalue weighted by atomic mass is 10.2. The van der Waals surface area contributed by atoms with Crippen molar-refractivity contribution in [2.24, 2.45) is 0 Å². The minimum absolute atomic E-state index is 0.0239. The zero-order valence-electron chi connectivity index (χ0n) is 18.6. The second-order valence-corrected chi connectivity index (χ2v) is 8.53. The van der Waals surface area contributed by atoms with Crippen LogP contribution in [-0.4, -0.2) is 31.3 Å². The third-order valence-electron chi connectivity index (χ3n) is 4.74. The number of ether oxygens (including phenoxy) is 1. The van der Waals surface area contributed by atoms with Crippen LogP contribution in [0.2, 0.25) is 0 Å². The number of rotatable bonds is 9. The minimum Gasteiger partial charge on any atom is -0.480 e. The summed E-state index contributed by atoms with van der Waals surface area (Å²) in [6.07, 6.45) is -0.567. The maximum atomic E-state index is 14.0. The molecule has 1 N–H and O–H groups in total. The molecule has 2 aromatic carbocycles. The van der Waals surface area contributed by atoms with Gasteiger partial charge in [0.2, 0.25) is 5.91 Å². The first kappa shape index (κ1) is 24.2. The molecule has 11 heteroatoms. The summed E-state index contributed by atoms with van der Waals surface area (Å²) in [6, 6.07) is 10.4. The molecular weight excluding hydrogens is 449 g/mol. The molecule has 0 aliphatic carbocycles. The number of carbonyl (C=O) groups is 1. The number of nitro groups is 1. The number of benzene rings is 2. The van der Waals surface area contributed by atoms with E-state index in [1.807, 2.05) is 18.4 Å². The fourth-order valence-electron chi connectivity index (χ4n) is 3.15. The van der Waals surface area contributed by atoms with E-state index in [4.69, 9.17) is 4.74 Å². The molecule has 0 saturated carbocycles. The SMILES string of the molecule is Cc1cc([N+](=O)[O-])ccc1NC(=O)CSc1nnc(C(C)Oc2ccccc2F)n1C(C)C. The summed E-state index contributed by atoms with van der Waals surface area (Å²) in [6.45, 7) is 7.35. The van der Waals surface area contributed by atoms with E-state index in [2.05, 4.69) is 15.5 Å². The molecule has 0 spiro atoms. The molecule has 0 fully saturated rings. The molecule has 1 aromatic heterocycles. The van der Waals surface area contributed by atoms with Crippen LogP contribution in [0.4, 0.5) is 15.8 Å². The Labute approximate surface area is 194 Å². The lowest BCUT2D eigenvalue weighted by molar-refractivity contribution is -0.384. The van der Waals surface area contributed by atoms with E-state index in [1.54, 1.807) is 32.0 Å². The summed E-state index contributed by atoms with van der Waals surface area (Å²) in [7, 11) is 0. The largest absolute Gasteiger partial charge is 0.480 e. The number of aryl methyl sites for hydroxylation is 1. The molecule has 0 aliphatic heterocycles. The van der Waals surface area contributed by atoms with E-state index >= 15 is 0 Å². The summed E-state index contributed by atoms with van der Waals surface area (Å²) in [4.78, 5) is 22.9. The Morgan fingerprint density at radius 2 is 1.97 bits per heavy atom. The van der Waals surface area contributed by atoms with Gasteiger partial charge in [0.05, 0.1) is 10.7 Å². The van der Waals surface area contributed by atoms with Gasteiger partial charge in [0, 0.05) is 23.9 Å². The number of para-hydroxylation sites is 1. The Balaban J connectivity index is 1.69. The number of hydrogen-bond donors (Lipinski definition) is 1. The van der Waals surface area contributed by atoms with Crippen molar-refractivity contribution in [3.63, 3.8) is 0 Å². The quantitative estimate of drug-likeness (QED) is 0.262. The number of nitro benzene ring substituents is 1. The summed E-state index contributed by atoms with van der Waals surface area (Å²) in [5.41, 5.74) is 1.06. The molecule has 1 unspecified atom stereocenters. The van der Waals surface area contributed by atoms with E-state index in [0.717, 1.165) is 0 Å². The van der Waals surface area contributed by atoms with Crippen molar-refractivity contribution in [3.8, 4) is 5.75 Å². The molecule has 0 radical (unpaired) electrons. The lowest BCUT2D eigenvalue weighted by Gasteiger charge is -2.19. The summed E-state index contributed by atoms with van der Waals surface area (Å²) >= 11 is 1.20. The summed E-state index contributed by atoms with van der Waals surface area (Å²) in [5, 5.41) is 22.6. The van der Waals surface area contributed by atoms with E-state index in [-0.39, 0.29) is 29.1 Å². The molecule has 1 amide bonds. The molecule has 174 valence electrons. The van der Waals surface area contributed by atoms with Crippen LogP contribution in [0.15, 0.2) is 47.6 Å². The van der Waals surface area contributed by atoms with Crippen LogP contribution >= 0.6 is 11.8 Å². The van der Waals surface area contributed by atoms with Gasteiger partial charge in [0.15, 0.2) is 28.7 Å². The van der Waals surface area contributed by atoms with Gasteiger partial charge >= 0.3 is 0 Å². The molecule has 0 aliphatic rings.